The zero-order valence-electron chi connectivity index (χ0n) is 13.4. The van der Waals surface area contributed by atoms with Gasteiger partial charge in [0.05, 0.1) is 0 Å². The Kier molecular flexibility index (Phi) is 8.55. The second kappa shape index (κ2) is 10.2. The van der Waals surface area contributed by atoms with E-state index in [0.717, 1.165) is 44.9 Å². The molecule has 126 valence electrons. The average Bonchev–Trinajstić information content (AvgIpc) is 2.96. The van der Waals surface area contributed by atoms with Gasteiger partial charge in [-0.25, -0.2) is 0 Å². The molecule has 3 N–H and O–H groups in total. The summed E-state index contributed by atoms with van der Waals surface area (Å²) < 4.78 is 0. The first kappa shape index (κ1) is 18.5. The van der Waals surface area contributed by atoms with Crippen molar-refractivity contribution in [2.75, 3.05) is 6.54 Å². The highest BCUT2D eigenvalue weighted by molar-refractivity contribution is 5.87. The number of carbonyl (C=O) groups excluding carboxylic acids is 2. The Morgan fingerprint density at radius 3 is 2.32 bits per heavy atom. The third kappa shape index (κ3) is 7.43. The lowest BCUT2D eigenvalue weighted by Gasteiger charge is -2.23. The van der Waals surface area contributed by atoms with Crippen molar-refractivity contribution >= 4 is 17.8 Å². The van der Waals surface area contributed by atoms with E-state index in [1.54, 1.807) is 0 Å². The molecular weight excluding hydrogens is 284 g/mol. The summed E-state index contributed by atoms with van der Waals surface area (Å²) >= 11 is 0. The topological polar surface area (TPSA) is 95.5 Å². The molecular formula is C16H28N2O4. The number of hydrogen-bond donors (Lipinski definition) is 3. The van der Waals surface area contributed by atoms with Crippen LogP contribution in [0.25, 0.3) is 0 Å². The van der Waals surface area contributed by atoms with Gasteiger partial charge in [-0.1, -0.05) is 25.7 Å². The largest absolute Gasteiger partial charge is 0.481 e. The maximum absolute atomic E-state index is 12.2. The first-order valence-corrected chi connectivity index (χ1v) is 8.27. The van der Waals surface area contributed by atoms with Crippen molar-refractivity contribution < 1.29 is 19.5 Å². The summed E-state index contributed by atoms with van der Waals surface area (Å²) in [5.74, 6) is -0.768. The van der Waals surface area contributed by atoms with Crippen LogP contribution in [0.4, 0.5) is 0 Å². The number of nitrogens with one attached hydrogen (secondary N) is 2. The molecule has 0 bridgehead atoms. The van der Waals surface area contributed by atoms with Gasteiger partial charge in [-0.15, -0.1) is 0 Å². The molecule has 1 saturated carbocycles. The molecule has 1 aliphatic rings. The molecule has 1 atom stereocenters. The Bertz CT molecular complexity index is 378. The molecule has 0 aromatic carbocycles. The monoisotopic (exact) mass is 312 g/mol. The Morgan fingerprint density at radius 2 is 1.73 bits per heavy atom. The van der Waals surface area contributed by atoms with Gasteiger partial charge >= 0.3 is 5.97 Å². The molecule has 6 nitrogen and oxygen atoms in total. The molecule has 0 spiro atoms. The highest BCUT2D eigenvalue weighted by Crippen LogP contribution is 2.27. The standard InChI is InChI=1S/C16H28N2O4/c1-12(19)18-15(13-8-5-6-9-13)16(22)17-11-7-3-2-4-10-14(20)21/h13,15H,2-11H2,1H3,(H,17,22)(H,18,19)(H,20,21). The molecule has 1 rings (SSSR count). The van der Waals surface area contributed by atoms with E-state index in [9.17, 15) is 14.4 Å². The van der Waals surface area contributed by atoms with Crippen LogP contribution in [0.3, 0.4) is 0 Å². The van der Waals surface area contributed by atoms with Crippen LogP contribution in [0.2, 0.25) is 0 Å². The molecule has 0 aromatic heterocycles. The molecule has 6 heteroatoms. The van der Waals surface area contributed by atoms with Crippen LogP contribution in [0.1, 0.15) is 64.7 Å². The van der Waals surface area contributed by atoms with Gasteiger partial charge in [-0.3, -0.25) is 14.4 Å². The molecule has 22 heavy (non-hydrogen) atoms. The van der Waals surface area contributed by atoms with E-state index in [1.165, 1.54) is 6.92 Å². The summed E-state index contributed by atoms with van der Waals surface area (Å²) in [5.41, 5.74) is 0. The molecule has 0 heterocycles. The Morgan fingerprint density at radius 1 is 1.09 bits per heavy atom. The van der Waals surface area contributed by atoms with E-state index in [1.807, 2.05) is 0 Å². The van der Waals surface area contributed by atoms with E-state index in [0.29, 0.717) is 13.0 Å². The van der Waals surface area contributed by atoms with Gasteiger partial charge < -0.3 is 15.7 Å². The van der Waals surface area contributed by atoms with Crippen LogP contribution in [-0.4, -0.2) is 35.5 Å². The third-order valence-electron chi connectivity index (χ3n) is 4.13. The average molecular weight is 312 g/mol. The zero-order valence-corrected chi connectivity index (χ0v) is 13.4. The van der Waals surface area contributed by atoms with Gasteiger partial charge in [0.2, 0.25) is 11.8 Å². The fourth-order valence-corrected chi connectivity index (χ4v) is 2.98. The molecule has 0 radical (unpaired) electrons. The molecule has 1 fully saturated rings. The molecule has 0 aromatic rings. The number of hydrogen-bond acceptors (Lipinski definition) is 3. The van der Waals surface area contributed by atoms with Gasteiger partial charge in [-0.05, 0) is 31.6 Å². The fourth-order valence-electron chi connectivity index (χ4n) is 2.98. The third-order valence-corrected chi connectivity index (χ3v) is 4.13. The molecule has 0 saturated heterocycles. The van der Waals surface area contributed by atoms with Crippen LogP contribution >= 0.6 is 0 Å². The normalized spacial score (nSPS) is 16.2. The minimum Gasteiger partial charge on any atom is -0.481 e. The Balaban J connectivity index is 2.22. The predicted molar refractivity (Wildman–Crippen MR) is 83.3 cm³/mol. The van der Waals surface area contributed by atoms with Gasteiger partial charge in [0, 0.05) is 19.9 Å². The number of amides is 2. The fraction of sp³-hybridized carbons (Fsp3) is 0.812. The Hall–Kier alpha value is -1.59. The molecule has 0 aliphatic heterocycles. The number of carboxylic acids is 1. The number of carboxylic acid groups (broad SMARTS) is 1. The van der Waals surface area contributed by atoms with Crippen LogP contribution in [0.15, 0.2) is 0 Å². The van der Waals surface area contributed by atoms with Gasteiger partial charge in [0.15, 0.2) is 0 Å². The van der Waals surface area contributed by atoms with Gasteiger partial charge in [-0.2, -0.15) is 0 Å². The maximum atomic E-state index is 12.2. The van der Waals surface area contributed by atoms with Gasteiger partial charge in [0.25, 0.3) is 0 Å². The number of rotatable bonds is 10. The minimum absolute atomic E-state index is 0.0902. The van der Waals surface area contributed by atoms with E-state index in [4.69, 9.17) is 5.11 Å². The summed E-state index contributed by atoms with van der Waals surface area (Å²) in [6.45, 7) is 2.02. The van der Waals surface area contributed by atoms with E-state index >= 15 is 0 Å². The Labute approximate surface area is 132 Å². The summed E-state index contributed by atoms with van der Waals surface area (Å²) in [4.78, 5) is 33.9. The summed E-state index contributed by atoms with van der Waals surface area (Å²) in [6.07, 6.45) is 7.72. The van der Waals surface area contributed by atoms with Crippen LogP contribution in [0.5, 0.6) is 0 Å². The highest BCUT2D eigenvalue weighted by atomic mass is 16.4. The SMILES string of the molecule is CC(=O)NC(C(=O)NCCCCCCC(=O)O)C1CCCC1. The van der Waals surface area contributed by atoms with Crippen molar-refractivity contribution in [2.24, 2.45) is 5.92 Å². The van der Waals surface area contributed by atoms with Crippen LogP contribution in [-0.2, 0) is 14.4 Å². The van der Waals surface area contributed by atoms with E-state index < -0.39 is 12.0 Å². The first-order chi connectivity index (χ1) is 10.5. The highest BCUT2D eigenvalue weighted by Gasteiger charge is 2.30. The quantitative estimate of drug-likeness (QED) is 0.536. The van der Waals surface area contributed by atoms with Crippen molar-refractivity contribution in [3.63, 3.8) is 0 Å². The van der Waals surface area contributed by atoms with Crippen molar-refractivity contribution in [1.82, 2.24) is 10.6 Å². The molecule has 1 unspecified atom stereocenters. The second-order valence-corrected chi connectivity index (χ2v) is 6.07. The predicted octanol–water partition coefficient (Wildman–Crippen LogP) is 1.83. The number of carbonyl (C=O) groups is 3. The van der Waals surface area contributed by atoms with Crippen molar-refractivity contribution in [1.29, 1.82) is 0 Å². The number of aliphatic carboxylic acids is 1. The van der Waals surface area contributed by atoms with Crippen molar-refractivity contribution in [2.45, 2.75) is 70.8 Å². The van der Waals surface area contributed by atoms with E-state index in [2.05, 4.69) is 10.6 Å². The molecule has 1 aliphatic carbocycles. The smallest absolute Gasteiger partial charge is 0.303 e. The summed E-state index contributed by atoms with van der Waals surface area (Å²) in [7, 11) is 0. The second-order valence-electron chi connectivity index (χ2n) is 6.07. The van der Waals surface area contributed by atoms with Crippen molar-refractivity contribution in [3.8, 4) is 0 Å². The van der Waals surface area contributed by atoms with Crippen LogP contribution < -0.4 is 10.6 Å². The molecule has 2 amide bonds. The maximum Gasteiger partial charge on any atom is 0.303 e. The lowest BCUT2D eigenvalue weighted by Crippen LogP contribution is -2.50. The lowest BCUT2D eigenvalue weighted by atomic mass is 9.97. The minimum atomic E-state index is -0.761. The van der Waals surface area contributed by atoms with E-state index in [-0.39, 0.29) is 24.2 Å². The van der Waals surface area contributed by atoms with Crippen molar-refractivity contribution in [3.05, 3.63) is 0 Å². The lowest BCUT2D eigenvalue weighted by molar-refractivity contribution is -0.137. The zero-order chi connectivity index (χ0) is 16.4. The van der Waals surface area contributed by atoms with Gasteiger partial charge in [0.1, 0.15) is 6.04 Å². The van der Waals surface area contributed by atoms with Crippen LogP contribution in [0, 0.1) is 5.92 Å². The summed E-state index contributed by atoms with van der Waals surface area (Å²) in [5, 5.41) is 14.2. The number of unbranched alkanes of at least 4 members (excludes halogenated alkanes) is 3. The first-order valence-electron chi connectivity index (χ1n) is 8.27. The summed E-state index contributed by atoms with van der Waals surface area (Å²) in [6, 6.07) is -0.410.